The SMILES string of the molecule is Cc1cccc(C(CNC(C)C)OCc2ccccc2)c1. The molecular formula is C19H25NO. The summed E-state index contributed by atoms with van der Waals surface area (Å²) in [5, 5.41) is 3.47. The molecule has 0 aliphatic heterocycles. The first-order valence-corrected chi connectivity index (χ1v) is 7.60. The maximum Gasteiger partial charge on any atom is 0.0953 e. The number of benzene rings is 2. The summed E-state index contributed by atoms with van der Waals surface area (Å²) in [7, 11) is 0. The van der Waals surface area contributed by atoms with Crippen molar-refractivity contribution in [1.82, 2.24) is 5.32 Å². The van der Waals surface area contributed by atoms with E-state index in [0.717, 1.165) is 6.54 Å². The predicted octanol–water partition coefficient (Wildman–Crippen LogP) is 4.25. The van der Waals surface area contributed by atoms with Crippen molar-refractivity contribution in [2.45, 2.75) is 39.5 Å². The fourth-order valence-electron chi connectivity index (χ4n) is 2.26. The van der Waals surface area contributed by atoms with Crippen LogP contribution in [-0.2, 0) is 11.3 Å². The summed E-state index contributed by atoms with van der Waals surface area (Å²) in [6.45, 7) is 7.90. The van der Waals surface area contributed by atoms with Crippen LogP contribution in [0.2, 0.25) is 0 Å². The zero-order valence-corrected chi connectivity index (χ0v) is 13.2. The Morgan fingerprint density at radius 1 is 1.00 bits per heavy atom. The normalized spacial score (nSPS) is 12.6. The molecule has 2 rings (SSSR count). The summed E-state index contributed by atoms with van der Waals surface area (Å²) in [5.41, 5.74) is 3.71. The summed E-state index contributed by atoms with van der Waals surface area (Å²) in [4.78, 5) is 0. The fraction of sp³-hybridized carbons (Fsp3) is 0.368. The van der Waals surface area contributed by atoms with Crippen LogP contribution in [0.15, 0.2) is 54.6 Å². The van der Waals surface area contributed by atoms with E-state index in [1.807, 2.05) is 18.2 Å². The molecule has 0 aliphatic rings. The molecule has 0 fully saturated rings. The first-order chi connectivity index (χ1) is 10.1. The number of aryl methyl sites for hydroxylation is 1. The molecule has 0 amide bonds. The average molecular weight is 283 g/mol. The molecule has 2 nitrogen and oxygen atoms in total. The quantitative estimate of drug-likeness (QED) is 0.820. The van der Waals surface area contributed by atoms with Gasteiger partial charge < -0.3 is 10.1 Å². The Labute approximate surface area is 128 Å². The predicted molar refractivity (Wildman–Crippen MR) is 88.3 cm³/mol. The van der Waals surface area contributed by atoms with Crippen molar-refractivity contribution in [3.8, 4) is 0 Å². The molecule has 0 heterocycles. The Kier molecular flexibility index (Phi) is 5.97. The van der Waals surface area contributed by atoms with Crippen LogP contribution in [0, 0.1) is 6.92 Å². The molecule has 0 aliphatic carbocycles. The standard InChI is InChI=1S/C19H25NO/c1-15(2)20-13-19(18-11-7-8-16(3)12-18)21-14-17-9-5-4-6-10-17/h4-12,15,19-20H,13-14H2,1-3H3. The molecule has 1 unspecified atom stereocenters. The highest BCUT2D eigenvalue weighted by molar-refractivity contribution is 5.24. The van der Waals surface area contributed by atoms with Crippen LogP contribution in [0.1, 0.15) is 36.6 Å². The van der Waals surface area contributed by atoms with Crippen LogP contribution in [0.3, 0.4) is 0 Å². The summed E-state index contributed by atoms with van der Waals surface area (Å²) in [6, 6.07) is 19.3. The lowest BCUT2D eigenvalue weighted by Gasteiger charge is -2.21. The third kappa shape index (κ3) is 5.33. The molecule has 2 aromatic carbocycles. The molecule has 112 valence electrons. The van der Waals surface area contributed by atoms with Crippen LogP contribution in [0.4, 0.5) is 0 Å². The maximum atomic E-state index is 6.16. The Balaban J connectivity index is 2.05. The second-order valence-electron chi connectivity index (χ2n) is 5.76. The number of ether oxygens (including phenoxy) is 1. The van der Waals surface area contributed by atoms with Gasteiger partial charge in [0.2, 0.25) is 0 Å². The van der Waals surface area contributed by atoms with Gasteiger partial charge in [0.15, 0.2) is 0 Å². The Morgan fingerprint density at radius 2 is 1.76 bits per heavy atom. The molecule has 0 saturated carbocycles. The molecule has 21 heavy (non-hydrogen) atoms. The largest absolute Gasteiger partial charge is 0.368 e. The minimum Gasteiger partial charge on any atom is -0.368 e. The topological polar surface area (TPSA) is 21.3 Å². The van der Waals surface area contributed by atoms with Gasteiger partial charge in [-0.2, -0.15) is 0 Å². The first-order valence-electron chi connectivity index (χ1n) is 7.60. The van der Waals surface area contributed by atoms with Crippen LogP contribution in [-0.4, -0.2) is 12.6 Å². The van der Waals surface area contributed by atoms with E-state index < -0.39 is 0 Å². The summed E-state index contributed by atoms with van der Waals surface area (Å²) < 4.78 is 6.16. The van der Waals surface area contributed by atoms with Gasteiger partial charge in [-0.15, -0.1) is 0 Å². The van der Waals surface area contributed by atoms with Crippen molar-refractivity contribution >= 4 is 0 Å². The zero-order valence-electron chi connectivity index (χ0n) is 13.2. The Hall–Kier alpha value is -1.64. The molecule has 2 aromatic rings. The molecule has 0 spiro atoms. The number of nitrogens with one attached hydrogen (secondary N) is 1. The lowest BCUT2D eigenvalue weighted by molar-refractivity contribution is 0.0386. The minimum absolute atomic E-state index is 0.0764. The van der Waals surface area contributed by atoms with Crippen LogP contribution >= 0.6 is 0 Å². The molecule has 1 atom stereocenters. The van der Waals surface area contributed by atoms with E-state index in [0.29, 0.717) is 12.6 Å². The van der Waals surface area contributed by atoms with Gasteiger partial charge >= 0.3 is 0 Å². The van der Waals surface area contributed by atoms with Gasteiger partial charge in [0, 0.05) is 12.6 Å². The minimum atomic E-state index is 0.0764. The van der Waals surface area contributed by atoms with Crippen LogP contribution < -0.4 is 5.32 Å². The highest BCUT2D eigenvalue weighted by atomic mass is 16.5. The molecular weight excluding hydrogens is 258 g/mol. The van der Waals surface area contributed by atoms with E-state index in [4.69, 9.17) is 4.74 Å². The molecule has 0 bridgehead atoms. The lowest BCUT2D eigenvalue weighted by Crippen LogP contribution is -2.29. The van der Waals surface area contributed by atoms with Gasteiger partial charge in [0.25, 0.3) is 0 Å². The van der Waals surface area contributed by atoms with Gasteiger partial charge in [0.05, 0.1) is 12.7 Å². The summed E-state index contributed by atoms with van der Waals surface area (Å²) in [6.07, 6.45) is 0.0764. The van der Waals surface area contributed by atoms with E-state index >= 15 is 0 Å². The Morgan fingerprint density at radius 3 is 2.43 bits per heavy atom. The third-order valence-electron chi connectivity index (χ3n) is 3.42. The van der Waals surface area contributed by atoms with Gasteiger partial charge in [-0.25, -0.2) is 0 Å². The van der Waals surface area contributed by atoms with E-state index in [-0.39, 0.29) is 6.10 Å². The zero-order chi connectivity index (χ0) is 15.1. The van der Waals surface area contributed by atoms with E-state index in [1.165, 1.54) is 16.7 Å². The highest BCUT2D eigenvalue weighted by Crippen LogP contribution is 2.20. The number of hydrogen-bond acceptors (Lipinski definition) is 2. The fourth-order valence-corrected chi connectivity index (χ4v) is 2.26. The van der Waals surface area contributed by atoms with Crippen molar-refractivity contribution in [1.29, 1.82) is 0 Å². The average Bonchev–Trinajstić information content (AvgIpc) is 2.48. The summed E-state index contributed by atoms with van der Waals surface area (Å²) >= 11 is 0. The lowest BCUT2D eigenvalue weighted by atomic mass is 10.1. The smallest absolute Gasteiger partial charge is 0.0953 e. The van der Waals surface area contributed by atoms with Crippen molar-refractivity contribution in [3.05, 3.63) is 71.3 Å². The molecule has 0 aromatic heterocycles. The van der Waals surface area contributed by atoms with Gasteiger partial charge in [-0.05, 0) is 18.1 Å². The van der Waals surface area contributed by atoms with Crippen LogP contribution in [0.25, 0.3) is 0 Å². The monoisotopic (exact) mass is 283 g/mol. The van der Waals surface area contributed by atoms with E-state index in [2.05, 4.69) is 62.5 Å². The second kappa shape index (κ2) is 7.96. The van der Waals surface area contributed by atoms with E-state index in [1.54, 1.807) is 0 Å². The van der Waals surface area contributed by atoms with Gasteiger partial charge in [-0.1, -0.05) is 74.0 Å². The summed E-state index contributed by atoms with van der Waals surface area (Å²) in [5.74, 6) is 0. The van der Waals surface area contributed by atoms with E-state index in [9.17, 15) is 0 Å². The molecule has 0 radical (unpaired) electrons. The first kappa shape index (κ1) is 15.7. The molecule has 2 heteroatoms. The van der Waals surface area contributed by atoms with Crippen molar-refractivity contribution in [3.63, 3.8) is 0 Å². The van der Waals surface area contributed by atoms with Crippen LogP contribution in [0.5, 0.6) is 0 Å². The third-order valence-corrected chi connectivity index (χ3v) is 3.42. The van der Waals surface area contributed by atoms with Crippen molar-refractivity contribution in [2.24, 2.45) is 0 Å². The molecule has 1 N–H and O–H groups in total. The van der Waals surface area contributed by atoms with Gasteiger partial charge in [-0.3, -0.25) is 0 Å². The molecule has 0 saturated heterocycles. The van der Waals surface area contributed by atoms with Gasteiger partial charge in [0.1, 0.15) is 0 Å². The van der Waals surface area contributed by atoms with Crippen molar-refractivity contribution < 1.29 is 4.74 Å². The number of hydrogen-bond donors (Lipinski definition) is 1. The van der Waals surface area contributed by atoms with Crippen molar-refractivity contribution in [2.75, 3.05) is 6.54 Å². The Bertz CT molecular complexity index is 536. The maximum absolute atomic E-state index is 6.16. The number of rotatable bonds is 7. The second-order valence-corrected chi connectivity index (χ2v) is 5.76. The highest BCUT2D eigenvalue weighted by Gasteiger charge is 2.13.